The van der Waals surface area contributed by atoms with E-state index in [4.69, 9.17) is 4.52 Å². The average Bonchev–Trinajstić information content (AvgIpc) is 2.16. The van der Waals surface area contributed by atoms with E-state index in [2.05, 4.69) is 26.3 Å². The van der Waals surface area contributed by atoms with E-state index >= 15 is 0 Å². The molecule has 1 aromatic heterocycles. The first-order chi connectivity index (χ1) is 5.40. The molecule has 4 heteroatoms. The van der Waals surface area contributed by atoms with Crippen molar-refractivity contribution in [3.63, 3.8) is 0 Å². The summed E-state index contributed by atoms with van der Waals surface area (Å²) in [4.78, 5) is 0. The highest BCUT2D eigenvalue weighted by Crippen LogP contribution is 2.15. The van der Waals surface area contributed by atoms with Crippen molar-refractivity contribution >= 4 is 0 Å². The molecule has 0 aliphatic rings. The van der Waals surface area contributed by atoms with Gasteiger partial charge in [-0.2, -0.15) is 0 Å². The summed E-state index contributed by atoms with van der Waals surface area (Å²) < 4.78 is 5.99. The number of nitrogens with zero attached hydrogens (tertiary/aromatic N) is 2. The Kier molecular flexibility index (Phi) is 4.38. The highest BCUT2D eigenvalue weighted by Gasteiger charge is 2.16. The highest BCUT2D eigenvalue weighted by atomic mass is 127. The lowest BCUT2D eigenvalue weighted by Crippen LogP contribution is -3.00. The van der Waals surface area contributed by atoms with Crippen LogP contribution < -0.4 is 24.0 Å². The zero-order valence-corrected chi connectivity index (χ0v) is 11.0. The number of rotatable bonds is 2. The van der Waals surface area contributed by atoms with E-state index in [9.17, 15) is 0 Å². The summed E-state index contributed by atoms with van der Waals surface area (Å²) in [6.45, 7) is 4.92. The van der Waals surface area contributed by atoms with Gasteiger partial charge < -0.3 is 33.0 Å². The molecular formula is C9H17IN2O. The van der Waals surface area contributed by atoms with E-state index in [0.29, 0.717) is 0 Å². The minimum absolute atomic E-state index is 0. The molecular weight excluding hydrogens is 279 g/mol. The summed E-state index contributed by atoms with van der Waals surface area (Å²) in [5.41, 5.74) is 2.25. The van der Waals surface area contributed by atoms with Crippen molar-refractivity contribution in [2.45, 2.75) is 20.4 Å². The molecule has 1 rings (SSSR count). The lowest BCUT2D eigenvalue weighted by Gasteiger charge is -2.23. The smallest absolute Gasteiger partial charge is 0.142 e. The van der Waals surface area contributed by atoms with Gasteiger partial charge >= 0.3 is 0 Å². The van der Waals surface area contributed by atoms with Crippen molar-refractivity contribution in [2.24, 2.45) is 0 Å². The van der Waals surface area contributed by atoms with Crippen molar-refractivity contribution in [3.05, 3.63) is 17.0 Å². The molecule has 76 valence electrons. The van der Waals surface area contributed by atoms with Crippen LogP contribution in [0.2, 0.25) is 0 Å². The van der Waals surface area contributed by atoms with Gasteiger partial charge in [-0.15, -0.1) is 0 Å². The molecule has 13 heavy (non-hydrogen) atoms. The van der Waals surface area contributed by atoms with Gasteiger partial charge in [0.25, 0.3) is 0 Å². The molecule has 0 fully saturated rings. The lowest BCUT2D eigenvalue weighted by molar-refractivity contribution is -0.884. The summed E-state index contributed by atoms with van der Waals surface area (Å²) in [7, 11) is 6.48. The molecule has 0 saturated heterocycles. The van der Waals surface area contributed by atoms with E-state index in [1.54, 1.807) is 0 Å². The predicted octanol–water partition coefficient (Wildman–Crippen LogP) is -1.50. The third kappa shape index (κ3) is 3.64. The fraction of sp³-hybridized carbons (Fsp3) is 0.667. The number of hydrogen-bond donors (Lipinski definition) is 0. The third-order valence-corrected chi connectivity index (χ3v) is 1.81. The Labute approximate surface area is 96.7 Å². The lowest BCUT2D eigenvalue weighted by atomic mass is 10.2. The third-order valence-electron chi connectivity index (χ3n) is 1.81. The quantitative estimate of drug-likeness (QED) is 0.490. The molecule has 3 nitrogen and oxygen atoms in total. The zero-order valence-electron chi connectivity index (χ0n) is 8.89. The van der Waals surface area contributed by atoms with Crippen LogP contribution in [0.25, 0.3) is 0 Å². The fourth-order valence-corrected chi connectivity index (χ4v) is 1.20. The first-order valence-electron chi connectivity index (χ1n) is 4.12. The normalized spacial score (nSPS) is 11.2. The van der Waals surface area contributed by atoms with E-state index in [0.717, 1.165) is 22.5 Å². The molecule has 0 radical (unpaired) electrons. The van der Waals surface area contributed by atoms with Crippen LogP contribution in [0.4, 0.5) is 0 Å². The molecule has 0 N–H and O–H groups in total. The highest BCUT2D eigenvalue weighted by molar-refractivity contribution is 5.19. The number of aromatic nitrogens is 1. The van der Waals surface area contributed by atoms with E-state index < -0.39 is 0 Å². The maximum atomic E-state index is 5.08. The topological polar surface area (TPSA) is 26.0 Å². The van der Waals surface area contributed by atoms with Crippen LogP contribution >= 0.6 is 0 Å². The van der Waals surface area contributed by atoms with Gasteiger partial charge in [-0.1, -0.05) is 5.16 Å². The second-order valence-electron chi connectivity index (χ2n) is 4.25. The molecule has 0 spiro atoms. The summed E-state index contributed by atoms with van der Waals surface area (Å²) >= 11 is 0. The molecule has 0 unspecified atom stereocenters. The second-order valence-corrected chi connectivity index (χ2v) is 4.25. The molecule has 1 aromatic rings. The SMILES string of the molecule is Cc1noc(C)c1C[N+](C)(C)C.[I-]. The largest absolute Gasteiger partial charge is 1.00 e. The first kappa shape index (κ1) is 12.9. The van der Waals surface area contributed by atoms with Crippen molar-refractivity contribution in [1.29, 1.82) is 0 Å². The summed E-state index contributed by atoms with van der Waals surface area (Å²) in [5.74, 6) is 0.945. The van der Waals surface area contributed by atoms with Crippen LogP contribution in [0.15, 0.2) is 4.52 Å². The van der Waals surface area contributed by atoms with E-state index in [1.165, 1.54) is 5.56 Å². The van der Waals surface area contributed by atoms with Crippen molar-refractivity contribution in [1.82, 2.24) is 5.16 Å². The van der Waals surface area contributed by atoms with Gasteiger partial charge in [0.1, 0.15) is 12.3 Å². The van der Waals surface area contributed by atoms with Crippen LogP contribution in [0, 0.1) is 13.8 Å². The summed E-state index contributed by atoms with van der Waals surface area (Å²) in [6.07, 6.45) is 0. The predicted molar refractivity (Wildman–Crippen MR) is 47.7 cm³/mol. The minimum atomic E-state index is 0. The van der Waals surface area contributed by atoms with Crippen molar-refractivity contribution in [3.8, 4) is 0 Å². The van der Waals surface area contributed by atoms with Gasteiger partial charge in [0.05, 0.1) is 32.4 Å². The molecule has 0 bridgehead atoms. The van der Waals surface area contributed by atoms with Crippen LogP contribution in [-0.4, -0.2) is 30.8 Å². The molecule has 0 aliphatic carbocycles. The molecule has 1 heterocycles. The molecule has 0 atom stereocenters. The monoisotopic (exact) mass is 296 g/mol. The Morgan fingerprint density at radius 1 is 1.23 bits per heavy atom. The summed E-state index contributed by atoms with van der Waals surface area (Å²) in [5, 5.41) is 3.92. The van der Waals surface area contributed by atoms with Gasteiger partial charge in [0.2, 0.25) is 0 Å². The van der Waals surface area contributed by atoms with Crippen molar-refractivity contribution < 1.29 is 33.0 Å². The van der Waals surface area contributed by atoms with E-state index in [-0.39, 0.29) is 24.0 Å². The van der Waals surface area contributed by atoms with Gasteiger partial charge in [-0.25, -0.2) is 0 Å². The van der Waals surface area contributed by atoms with Gasteiger partial charge in [0, 0.05) is 0 Å². The number of aryl methyl sites for hydroxylation is 2. The van der Waals surface area contributed by atoms with Crippen LogP contribution in [0.1, 0.15) is 17.0 Å². The molecule has 0 aliphatic heterocycles. The van der Waals surface area contributed by atoms with Crippen LogP contribution in [0.3, 0.4) is 0 Å². The summed E-state index contributed by atoms with van der Waals surface area (Å²) in [6, 6.07) is 0. The average molecular weight is 296 g/mol. The Hall–Kier alpha value is -0.100. The maximum absolute atomic E-state index is 5.08. The maximum Gasteiger partial charge on any atom is 0.142 e. The Morgan fingerprint density at radius 3 is 2.08 bits per heavy atom. The molecule has 0 saturated carbocycles. The van der Waals surface area contributed by atoms with Crippen LogP contribution in [0.5, 0.6) is 0 Å². The Balaban J connectivity index is 0.00000144. The van der Waals surface area contributed by atoms with Gasteiger partial charge in [-0.05, 0) is 13.8 Å². The molecule has 0 amide bonds. The Morgan fingerprint density at radius 2 is 1.77 bits per heavy atom. The number of quaternary nitrogens is 1. The first-order valence-corrected chi connectivity index (χ1v) is 4.12. The fourth-order valence-electron chi connectivity index (χ4n) is 1.20. The Bertz CT molecular complexity index is 256. The van der Waals surface area contributed by atoms with Gasteiger partial charge in [-0.3, -0.25) is 0 Å². The van der Waals surface area contributed by atoms with Crippen molar-refractivity contribution in [2.75, 3.05) is 21.1 Å². The second kappa shape index (κ2) is 4.41. The minimum Gasteiger partial charge on any atom is -1.00 e. The number of hydrogen-bond acceptors (Lipinski definition) is 2. The zero-order chi connectivity index (χ0) is 9.35. The standard InChI is InChI=1S/C9H17N2O.HI/c1-7-9(6-11(3,4)5)8(2)12-10-7;/h6H2,1-5H3;1H/q+1;/p-1. The number of halogens is 1. The van der Waals surface area contributed by atoms with E-state index in [1.807, 2.05) is 13.8 Å². The molecule has 0 aromatic carbocycles. The van der Waals surface area contributed by atoms with Gasteiger partial charge in [0.15, 0.2) is 0 Å². The van der Waals surface area contributed by atoms with Crippen LogP contribution in [-0.2, 0) is 6.54 Å².